The molecule has 11 nitrogen and oxygen atoms in total. The molecule has 0 amide bonds. The number of benzene rings is 2. The zero-order valence-corrected chi connectivity index (χ0v) is 21.2. The zero-order valence-electron chi connectivity index (χ0n) is 21.2. The Kier molecular flexibility index (Phi) is 7.40. The van der Waals surface area contributed by atoms with Gasteiger partial charge < -0.3 is 25.7 Å². The summed E-state index contributed by atoms with van der Waals surface area (Å²) in [6.45, 7) is 3.60. The summed E-state index contributed by atoms with van der Waals surface area (Å²) in [6.07, 6.45) is 3.05. The Morgan fingerprint density at radius 1 is 1.18 bits per heavy atom. The minimum absolute atomic E-state index is 0.196. The van der Waals surface area contributed by atoms with Crippen molar-refractivity contribution in [2.45, 2.75) is 13.0 Å². The van der Waals surface area contributed by atoms with Crippen LogP contribution in [0.1, 0.15) is 21.5 Å². The molecule has 4 N–H and O–H groups in total. The third-order valence-electron chi connectivity index (χ3n) is 6.60. The fourth-order valence-electron chi connectivity index (χ4n) is 4.65. The van der Waals surface area contributed by atoms with Crippen LogP contribution in [0.5, 0.6) is 11.5 Å². The first kappa shape index (κ1) is 25.7. The van der Waals surface area contributed by atoms with E-state index in [1.165, 1.54) is 6.20 Å². The van der Waals surface area contributed by atoms with E-state index in [1.54, 1.807) is 17.6 Å². The topological polar surface area (TPSA) is 150 Å². The highest BCUT2D eigenvalue weighted by Crippen LogP contribution is 2.32. The molecule has 0 aliphatic carbocycles. The molecule has 198 valence electrons. The number of carbonyl (C=O) groups excluding carboxylic acids is 1. The van der Waals surface area contributed by atoms with Gasteiger partial charge in [-0.3, -0.25) is 9.69 Å². The van der Waals surface area contributed by atoms with Gasteiger partial charge >= 0.3 is 0 Å². The number of nitrogens with zero attached hydrogens (tertiary/aromatic N) is 5. The number of amidine groups is 1. The van der Waals surface area contributed by atoms with E-state index in [9.17, 15) is 15.3 Å². The Balaban J connectivity index is 1.48. The highest BCUT2D eigenvalue weighted by atomic mass is 16.5. The minimum Gasteiger partial charge on any atom is -0.457 e. The molecule has 0 saturated carbocycles. The second kappa shape index (κ2) is 11.2. The third kappa shape index (κ3) is 5.24. The average Bonchev–Trinajstić information content (AvgIpc) is 3.32. The van der Waals surface area contributed by atoms with E-state index < -0.39 is 6.04 Å². The van der Waals surface area contributed by atoms with E-state index in [-0.39, 0.29) is 11.6 Å². The summed E-state index contributed by atoms with van der Waals surface area (Å²) in [5, 5.41) is 30.0. The number of morpholine rings is 1. The van der Waals surface area contributed by atoms with Gasteiger partial charge in [-0.15, -0.1) is 0 Å². The molecule has 1 aliphatic rings. The number of hydrogen-bond donors (Lipinski definition) is 3. The Morgan fingerprint density at radius 2 is 1.87 bits per heavy atom. The molecule has 0 bridgehead atoms. The molecule has 2 aromatic carbocycles. The Labute approximate surface area is 224 Å². The lowest BCUT2D eigenvalue weighted by atomic mass is 10.00. The van der Waals surface area contributed by atoms with Crippen molar-refractivity contribution in [1.82, 2.24) is 14.5 Å². The molecule has 1 aliphatic heterocycles. The number of hydrogen-bond acceptors (Lipinski definition) is 9. The maximum Gasteiger partial charge on any atom is 0.189 e. The van der Waals surface area contributed by atoms with Crippen molar-refractivity contribution < 1.29 is 19.5 Å². The number of fused-ring (bicyclic) bond motifs is 1. The van der Waals surface area contributed by atoms with Gasteiger partial charge in [0, 0.05) is 30.5 Å². The smallest absolute Gasteiger partial charge is 0.189 e. The molecule has 1 saturated heterocycles. The summed E-state index contributed by atoms with van der Waals surface area (Å²) in [5.74, 6) is 0.862. The number of nitrogens with one attached hydrogen (secondary N) is 1. The fraction of sp³-hybridized carbons (Fsp3) is 0.214. The number of oxime groups is 1. The van der Waals surface area contributed by atoms with Crippen LogP contribution in [0.2, 0.25) is 0 Å². The van der Waals surface area contributed by atoms with Crippen LogP contribution in [0.15, 0.2) is 72.1 Å². The van der Waals surface area contributed by atoms with Crippen LogP contribution in [-0.2, 0) is 4.74 Å². The van der Waals surface area contributed by atoms with Gasteiger partial charge in [-0.1, -0.05) is 23.4 Å². The summed E-state index contributed by atoms with van der Waals surface area (Å²) < 4.78 is 12.8. The first-order valence-electron chi connectivity index (χ1n) is 12.3. The SMILES string of the molecule is Cc1c(C(=O)C(/C(N)=N/O)N2CCOCC2)cn2ncc(C#N)c(Nc3ccc(Oc4ccccc4)cc3)c12. The third-order valence-corrected chi connectivity index (χ3v) is 6.60. The van der Waals surface area contributed by atoms with Gasteiger partial charge in [0.05, 0.1) is 36.2 Å². The van der Waals surface area contributed by atoms with Crippen molar-refractivity contribution in [3.8, 4) is 17.6 Å². The Bertz CT molecular complexity index is 1550. The van der Waals surface area contributed by atoms with Crippen LogP contribution in [0.25, 0.3) is 5.52 Å². The number of ether oxygens (including phenoxy) is 2. The summed E-state index contributed by atoms with van der Waals surface area (Å²) in [6, 6.07) is 18.0. The predicted molar refractivity (Wildman–Crippen MR) is 145 cm³/mol. The summed E-state index contributed by atoms with van der Waals surface area (Å²) >= 11 is 0. The number of nitrogens with two attached hydrogens (primary N) is 1. The highest BCUT2D eigenvalue weighted by molar-refractivity contribution is 6.16. The number of rotatable bonds is 8. The highest BCUT2D eigenvalue weighted by Gasteiger charge is 2.34. The molecule has 11 heteroatoms. The Morgan fingerprint density at radius 3 is 2.54 bits per heavy atom. The molecule has 0 radical (unpaired) electrons. The van der Waals surface area contributed by atoms with Crippen molar-refractivity contribution in [2.24, 2.45) is 10.9 Å². The first-order valence-corrected chi connectivity index (χ1v) is 12.3. The summed E-state index contributed by atoms with van der Waals surface area (Å²) in [5.41, 5.74) is 9.06. The number of para-hydroxylation sites is 1. The van der Waals surface area contributed by atoms with Gasteiger partial charge in [-0.2, -0.15) is 10.4 Å². The standard InChI is InChI=1S/C28H27N7O4/c1-18-23(27(36)26(28(30)33-37)34-11-13-38-14-12-34)17-35-25(18)24(19(15-29)16-31-35)32-20-7-9-22(10-8-20)39-21-5-3-2-4-6-21/h2-10,16-17,26,32,37H,11-14H2,1H3,(H2,30,33). The predicted octanol–water partition coefficient (Wildman–Crippen LogP) is 3.68. The second-order valence-corrected chi connectivity index (χ2v) is 9.01. The van der Waals surface area contributed by atoms with Gasteiger partial charge in [-0.25, -0.2) is 4.52 Å². The molecule has 1 fully saturated rings. The largest absolute Gasteiger partial charge is 0.457 e. The van der Waals surface area contributed by atoms with Gasteiger partial charge in [0.15, 0.2) is 11.6 Å². The van der Waals surface area contributed by atoms with Crippen LogP contribution in [-0.4, -0.2) is 63.7 Å². The molecule has 2 aromatic heterocycles. The maximum atomic E-state index is 13.8. The molecule has 0 spiro atoms. The van der Waals surface area contributed by atoms with Crippen molar-refractivity contribution in [2.75, 3.05) is 31.6 Å². The lowest BCUT2D eigenvalue weighted by molar-refractivity contribution is 0.0279. The number of aromatic nitrogens is 2. The van der Waals surface area contributed by atoms with E-state index in [0.29, 0.717) is 59.9 Å². The van der Waals surface area contributed by atoms with Crippen LogP contribution in [0.4, 0.5) is 11.4 Å². The minimum atomic E-state index is -0.959. The van der Waals surface area contributed by atoms with Gasteiger partial charge in [-0.05, 0) is 48.9 Å². The lowest BCUT2D eigenvalue weighted by Gasteiger charge is -2.32. The second-order valence-electron chi connectivity index (χ2n) is 9.01. The number of anilines is 2. The van der Waals surface area contributed by atoms with Crippen molar-refractivity contribution >= 4 is 28.5 Å². The molecule has 39 heavy (non-hydrogen) atoms. The van der Waals surface area contributed by atoms with Gasteiger partial charge in [0.1, 0.15) is 23.6 Å². The molecular weight excluding hydrogens is 498 g/mol. The average molecular weight is 526 g/mol. The monoisotopic (exact) mass is 525 g/mol. The number of Topliss-reactive ketones (excluding diaryl/α,β-unsaturated/α-hetero) is 1. The van der Waals surface area contributed by atoms with E-state index in [4.69, 9.17) is 15.2 Å². The summed E-state index contributed by atoms with van der Waals surface area (Å²) in [4.78, 5) is 15.6. The number of ketones is 1. The quantitative estimate of drug-likeness (QED) is 0.103. The molecule has 3 heterocycles. The van der Waals surface area contributed by atoms with Crippen molar-refractivity contribution in [3.05, 3.63) is 83.7 Å². The van der Waals surface area contributed by atoms with E-state index >= 15 is 0 Å². The summed E-state index contributed by atoms with van der Waals surface area (Å²) in [7, 11) is 0. The van der Waals surface area contributed by atoms with Crippen molar-refractivity contribution in [3.63, 3.8) is 0 Å². The van der Waals surface area contributed by atoms with Gasteiger partial charge in [0.2, 0.25) is 0 Å². The van der Waals surface area contributed by atoms with Crippen LogP contribution >= 0.6 is 0 Å². The lowest BCUT2D eigenvalue weighted by Crippen LogP contribution is -2.53. The van der Waals surface area contributed by atoms with Crippen LogP contribution in [0, 0.1) is 18.3 Å². The van der Waals surface area contributed by atoms with Crippen molar-refractivity contribution in [1.29, 1.82) is 5.26 Å². The van der Waals surface area contributed by atoms with E-state index in [2.05, 4.69) is 21.6 Å². The number of carbonyl (C=O) groups is 1. The molecule has 4 aromatic rings. The molecule has 5 rings (SSSR count). The molecular formula is C28H27N7O4. The van der Waals surface area contributed by atoms with Crippen LogP contribution in [0.3, 0.4) is 0 Å². The van der Waals surface area contributed by atoms with Crippen LogP contribution < -0.4 is 15.8 Å². The maximum absolute atomic E-state index is 13.8. The Hall–Kier alpha value is -4.92. The fourth-order valence-corrected chi connectivity index (χ4v) is 4.65. The molecule has 1 atom stereocenters. The molecule has 1 unspecified atom stereocenters. The van der Waals surface area contributed by atoms with E-state index in [1.807, 2.05) is 59.5 Å². The van der Waals surface area contributed by atoms with Gasteiger partial charge in [0.25, 0.3) is 0 Å². The first-order chi connectivity index (χ1) is 19.0. The number of aryl methyl sites for hydroxylation is 1. The van der Waals surface area contributed by atoms with E-state index in [0.717, 1.165) is 11.4 Å². The normalized spacial score (nSPS) is 15.0. The zero-order chi connectivity index (χ0) is 27.4. The number of nitriles is 1.